The number of carbonyl (C=O) groups is 1. The highest BCUT2D eigenvalue weighted by atomic mass is 35.5. The first-order valence-electron chi connectivity index (χ1n) is 7.22. The van der Waals surface area contributed by atoms with Crippen LogP contribution in [0.5, 0.6) is 0 Å². The van der Waals surface area contributed by atoms with Gasteiger partial charge in [-0.15, -0.1) is 0 Å². The Labute approximate surface area is 129 Å². The van der Waals surface area contributed by atoms with E-state index in [2.05, 4.69) is 5.32 Å². The Morgan fingerprint density at radius 3 is 2.95 bits per heavy atom. The van der Waals surface area contributed by atoms with E-state index in [0.717, 1.165) is 25.9 Å². The molecule has 1 aliphatic rings. The summed E-state index contributed by atoms with van der Waals surface area (Å²) in [7, 11) is 0. The number of hydrogen-bond acceptors (Lipinski definition) is 2. The Balaban J connectivity index is 1.95. The summed E-state index contributed by atoms with van der Waals surface area (Å²) in [6, 6.07) is 3.65. The van der Waals surface area contributed by atoms with Gasteiger partial charge in [0.2, 0.25) is 0 Å². The number of halogens is 2. The molecule has 0 unspecified atom stereocenters. The summed E-state index contributed by atoms with van der Waals surface area (Å²) in [5.74, 6) is -0.430. The lowest BCUT2D eigenvalue weighted by atomic mass is 10.1. The van der Waals surface area contributed by atoms with Crippen LogP contribution in [-0.4, -0.2) is 36.7 Å². The predicted octanol–water partition coefficient (Wildman–Crippen LogP) is 3.90. The van der Waals surface area contributed by atoms with Gasteiger partial charge in [0.05, 0.1) is 16.8 Å². The zero-order valence-electron chi connectivity index (χ0n) is 12.1. The maximum Gasteiger partial charge on any atom is 0.321 e. The van der Waals surface area contributed by atoms with E-state index >= 15 is 0 Å². The first-order chi connectivity index (χ1) is 10.1. The predicted molar refractivity (Wildman–Crippen MR) is 81.3 cm³/mol. The molecule has 0 aromatic heterocycles. The highest BCUT2D eigenvalue weighted by Crippen LogP contribution is 2.23. The van der Waals surface area contributed by atoms with Crippen LogP contribution in [0.2, 0.25) is 5.02 Å². The molecule has 4 nitrogen and oxygen atoms in total. The summed E-state index contributed by atoms with van der Waals surface area (Å²) in [5.41, 5.74) is 0.408. The number of anilines is 1. The Morgan fingerprint density at radius 2 is 2.33 bits per heavy atom. The van der Waals surface area contributed by atoms with Crippen LogP contribution in [0.1, 0.15) is 26.2 Å². The molecule has 0 spiro atoms. The van der Waals surface area contributed by atoms with Gasteiger partial charge < -0.3 is 15.0 Å². The van der Waals surface area contributed by atoms with Crippen molar-refractivity contribution in [2.75, 3.05) is 25.0 Å². The summed E-state index contributed by atoms with van der Waals surface area (Å²) >= 11 is 5.92. The van der Waals surface area contributed by atoms with E-state index in [0.29, 0.717) is 18.8 Å². The van der Waals surface area contributed by atoms with Crippen molar-refractivity contribution in [2.45, 2.75) is 32.3 Å². The first kappa shape index (κ1) is 16.0. The van der Waals surface area contributed by atoms with Gasteiger partial charge in [-0.05, 0) is 44.4 Å². The van der Waals surface area contributed by atoms with E-state index in [1.807, 2.05) is 6.92 Å². The summed E-state index contributed by atoms with van der Waals surface area (Å²) in [4.78, 5) is 13.9. The molecule has 1 aliphatic heterocycles. The van der Waals surface area contributed by atoms with E-state index in [1.54, 1.807) is 4.90 Å². The highest BCUT2D eigenvalue weighted by Gasteiger charge is 2.21. The molecule has 2 rings (SSSR count). The SMILES string of the molecule is CCN(C[C@@H]1CCCCO1)C(=O)Nc1ccc(F)cc1Cl. The summed E-state index contributed by atoms with van der Waals surface area (Å²) in [6.45, 7) is 3.80. The standard InChI is InChI=1S/C15H20ClFN2O2/c1-2-19(10-12-5-3-4-8-21-12)15(20)18-14-7-6-11(17)9-13(14)16/h6-7,9,12H,2-5,8,10H2,1H3,(H,18,20)/t12-/m0/s1. The normalized spacial score (nSPS) is 18.3. The molecule has 0 aliphatic carbocycles. The third-order valence-electron chi connectivity index (χ3n) is 3.54. The number of hydrogen-bond donors (Lipinski definition) is 1. The van der Waals surface area contributed by atoms with Gasteiger partial charge in [0, 0.05) is 19.7 Å². The van der Waals surface area contributed by atoms with Crippen molar-refractivity contribution < 1.29 is 13.9 Å². The van der Waals surface area contributed by atoms with Gasteiger partial charge in [0.25, 0.3) is 0 Å². The molecule has 1 aromatic carbocycles. The molecule has 2 amide bonds. The van der Waals surface area contributed by atoms with Crippen LogP contribution in [0.15, 0.2) is 18.2 Å². The number of nitrogens with zero attached hydrogens (tertiary/aromatic N) is 1. The fraction of sp³-hybridized carbons (Fsp3) is 0.533. The molecule has 6 heteroatoms. The van der Waals surface area contributed by atoms with Crippen molar-refractivity contribution in [2.24, 2.45) is 0 Å². The molecular weight excluding hydrogens is 295 g/mol. The monoisotopic (exact) mass is 314 g/mol. The summed E-state index contributed by atoms with van der Waals surface area (Å²) < 4.78 is 18.6. The number of benzene rings is 1. The van der Waals surface area contributed by atoms with Crippen LogP contribution in [0.25, 0.3) is 0 Å². The third-order valence-corrected chi connectivity index (χ3v) is 3.85. The number of rotatable bonds is 4. The minimum Gasteiger partial charge on any atom is -0.376 e. The van der Waals surface area contributed by atoms with Gasteiger partial charge in [0.1, 0.15) is 5.82 Å². The molecule has 0 saturated carbocycles. The smallest absolute Gasteiger partial charge is 0.321 e. The van der Waals surface area contributed by atoms with Crippen molar-refractivity contribution in [3.63, 3.8) is 0 Å². The number of nitrogens with one attached hydrogen (secondary N) is 1. The Bertz CT molecular complexity index is 493. The molecule has 0 bridgehead atoms. The minimum atomic E-state index is -0.430. The van der Waals surface area contributed by atoms with Gasteiger partial charge in [0.15, 0.2) is 0 Å². The van der Waals surface area contributed by atoms with Crippen molar-refractivity contribution in [3.8, 4) is 0 Å². The van der Waals surface area contributed by atoms with Crippen molar-refractivity contribution in [1.29, 1.82) is 0 Å². The fourth-order valence-corrected chi connectivity index (χ4v) is 2.55. The number of urea groups is 1. The maximum atomic E-state index is 13.0. The van der Waals surface area contributed by atoms with Crippen molar-refractivity contribution in [3.05, 3.63) is 29.0 Å². The molecule has 1 saturated heterocycles. The second-order valence-corrected chi connectivity index (χ2v) is 5.49. The van der Waals surface area contributed by atoms with Crippen LogP contribution in [0, 0.1) is 5.82 Å². The Hall–Kier alpha value is -1.33. The van der Waals surface area contributed by atoms with Crippen LogP contribution in [0.4, 0.5) is 14.9 Å². The van der Waals surface area contributed by atoms with E-state index in [-0.39, 0.29) is 17.2 Å². The van der Waals surface area contributed by atoms with E-state index < -0.39 is 5.82 Å². The Morgan fingerprint density at radius 1 is 1.52 bits per heavy atom. The maximum absolute atomic E-state index is 13.0. The number of amides is 2. The molecule has 0 radical (unpaired) electrons. The highest BCUT2D eigenvalue weighted by molar-refractivity contribution is 6.33. The zero-order chi connectivity index (χ0) is 15.2. The molecule has 21 heavy (non-hydrogen) atoms. The third kappa shape index (κ3) is 4.58. The second kappa shape index (κ2) is 7.61. The van der Waals surface area contributed by atoms with Gasteiger partial charge >= 0.3 is 6.03 Å². The average Bonchev–Trinajstić information content (AvgIpc) is 2.48. The lowest BCUT2D eigenvalue weighted by Crippen LogP contribution is -2.41. The summed E-state index contributed by atoms with van der Waals surface area (Å²) in [6.07, 6.45) is 3.28. The second-order valence-electron chi connectivity index (χ2n) is 5.08. The fourth-order valence-electron chi connectivity index (χ4n) is 2.34. The van der Waals surface area contributed by atoms with Crippen LogP contribution in [0.3, 0.4) is 0 Å². The Kier molecular flexibility index (Phi) is 5.82. The zero-order valence-corrected chi connectivity index (χ0v) is 12.8. The molecule has 1 heterocycles. The lowest BCUT2D eigenvalue weighted by molar-refractivity contribution is 0.00221. The van der Waals surface area contributed by atoms with Crippen LogP contribution in [-0.2, 0) is 4.74 Å². The number of likely N-dealkylation sites (N-methyl/N-ethyl adjacent to an activating group) is 1. The quantitative estimate of drug-likeness (QED) is 0.915. The molecule has 1 fully saturated rings. The van der Waals surface area contributed by atoms with Crippen molar-refractivity contribution >= 4 is 23.3 Å². The molecular formula is C15H20ClFN2O2. The largest absolute Gasteiger partial charge is 0.376 e. The van der Waals surface area contributed by atoms with Gasteiger partial charge in [-0.3, -0.25) is 0 Å². The van der Waals surface area contributed by atoms with E-state index in [1.165, 1.54) is 18.2 Å². The van der Waals surface area contributed by atoms with Gasteiger partial charge in [-0.2, -0.15) is 0 Å². The first-order valence-corrected chi connectivity index (χ1v) is 7.60. The van der Waals surface area contributed by atoms with Crippen LogP contribution < -0.4 is 5.32 Å². The number of ether oxygens (including phenoxy) is 1. The van der Waals surface area contributed by atoms with Gasteiger partial charge in [-0.1, -0.05) is 11.6 Å². The molecule has 1 atom stereocenters. The van der Waals surface area contributed by atoms with E-state index in [4.69, 9.17) is 16.3 Å². The van der Waals surface area contributed by atoms with Crippen LogP contribution >= 0.6 is 11.6 Å². The topological polar surface area (TPSA) is 41.6 Å². The minimum absolute atomic E-state index is 0.0909. The van der Waals surface area contributed by atoms with Gasteiger partial charge in [-0.25, -0.2) is 9.18 Å². The lowest BCUT2D eigenvalue weighted by Gasteiger charge is -2.29. The molecule has 116 valence electrons. The summed E-state index contributed by atoms with van der Waals surface area (Å²) in [5, 5.41) is 2.90. The molecule has 1 aromatic rings. The van der Waals surface area contributed by atoms with Crippen molar-refractivity contribution in [1.82, 2.24) is 4.90 Å². The number of carbonyl (C=O) groups excluding carboxylic acids is 1. The van der Waals surface area contributed by atoms with E-state index in [9.17, 15) is 9.18 Å². The average molecular weight is 315 g/mol. The molecule has 1 N–H and O–H groups in total.